The van der Waals surface area contributed by atoms with E-state index in [0.717, 1.165) is 23.1 Å². The Labute approximate surface area is 124 Å². The van der Waals surface area contributed by atoms with Crippen LogP contribution in [0.15, 0.2) is 12.3 Å². The first-order chi connectivity index (χ1) is 9.99. The van der Waals surface area contributed by atoms with E-state index in [2.05, 4.69) is 23.9 Å². The maximum Gasteiger partial charge on any atom is 0.254 e. The van der Waals surface area contributed by atoms with Gasteiger partial charge in [-0.1, -0.05) is 6.92 Å². The summed E-state index contributed by atoms with van der Waals surface area (Å²) >= 11 is 0. The maximum absolute atomic E-state index is 12.5. The molecule has 1 atom stereocenters. The number of aliphatic hydroxyl groups is 1. The maximum atomic E-state index is 12.5. The Balaban J connectivity index is 2.55. The van der Waals surface area contributed by atoms with Gasteiger partial charge in [0.2, 0.25) is 0 Å². The molecule has 114 valence electrons. The van der Waals surface area contributed by atoms with Gasteiger partial charge in [-0.2, -0.15) is 5.10 Å². The van der Waals surface area contributed by atoms with Gasteiger partial charge in [-0.05, 0) is 26.3 Å². The van der Waals surface area contributed by atoms with Crippen LogP contribution in [0, 0.1) is 6.92 Å². The van der Waals surface area contributed by atoms with E-state index in [9.17, 15) is 4.79 Å². The zero-order valence-electron chi connectivity index (χ0n) is 13.0. The molecule has 6 nitrogen and oxygen atoms in total. The largest absolute Gasteiger partial charge is 0.395 e. The second kappa shape index (κ2) is 6.22. The summed E-state index contributed by atoms with van der Waals surface area (Å²) in [5.74, 6) is -0.122. The van der Waals surface area contributed by atoms with Gasteiger partial charge >= 0.3 is 0 Å². The lowest BCUT2D eigenvalue weighted by atomic mass is 10.1. The third-order valence-electron chi connectivity index (χ3n) is 3.72. The first-order valence-corrected chi connectivity index (χ1v) is 7.20. The quantitative estimate of drug-likeness (QED) is 0.911. The van der Waals surface area contributed by atoms with E-state index in [1.165, 1.54) is 4.90 Å². The Morgan fingerprint density at radius 3 is 2.86 bits per heavy atom. The van der Waals surface area contributed by atoms with Crippen LogP contribution in [0.5, 0.6) is 0 Å². The van der Waals surface area contributed by atoms with Crippen LogP contribution in [-0.4, -0.2) is 50.9 Å². The van der Waals surface area contributed by atoms with Gasteiger partial charge in [0, 0.05) is 19.3 Å². The van der Waals surface area contributed by atoms with Gasteiger partial charge in [0.15, 0.2) is 5.65 Å². The zero-order valence-corrected chi connectivity index (χ0v) is 13.0. The van der Waals surface area contributed by atoms with Crippen molar-refractivity contribution in [3.63, 3.8) is 0 Å². The number of aryl methyl sites for hydroxylation is 1. The van der Waals surface area contributed by atoms with E-state index in [-0.39, 0.29) is 18.6 Å². The number of nitrogens with zero attached hydrogens (tertiary/aromatic N) is 4. The molecule has 0 saturated carbocycles. The van der Waals surface area contributed by atoms with Crippen LogP contribution in [-0.2, 0) is 0 Å². The Morgan fingerprint density at radius 1 is 1.52 bits per heavy atom. The second-order valence-electron chi connectivity index (χ2n) is 5.35. The standard InChI is InChI=1S/C15H22N4O2/c1-5-11(3)19-14-13(9-16-19)12(8-10(2)17-14)15(21)18(4)6-7-20/h8-9,11,20H,5-7H2,1-4H3. The average molecular weight is 290 g/mol. The molecule has 0 fully saturated rings. The van der Waals surface area contributed by atoms with Crippen molar-refractivity contribution in [2.45, 2.75) is 33.2 Å². The molecule has 0 aromatic carbocycles. The molecule has 0 radical (unpaired) electrons. The molecule has 2 aromatic heterocycles. The van der Waals surface area contributed by atoms with E-state index in [4.69, 9.17) is 5.11 Å². The number of amides is 1. The van der Waals surface area contributed by atoms with Crippen LogP contribution in [0.3, 0.4) is 0 Å². The molecule has 6 heteroatoms. The minimum Gasteiger partial charge on any atom is -0.395 e. The van der Waals surface area contributed by atoms with Crippen LogP contribution >= 0.6 is 0 Å². The molecule has 0 aliphatic rings. The molecule has 0 bridgehead atoms. The Morgan fingerprint density at radius 2 is 2.24 bits per heavy atom. The van der Waals surface area contributed by atoms with Crippen molar-refractivity contribution >= 4 is 16.9 Å². The fourth-order valence-electron chi connectivity index (χ4n) is 2.27. The lowest BCUT2D eigenvalue weighted by molar-refractivity contribution is 0.0768. The number of pyridine rings is 1. The number of aliphatic hydroxyl groups excluding tert-OH is 1. The molecular formula is C15H22N4O2. The molecule has 0 saturated heterocycles. The predicted octanol–water partition coefficient (Wildman–Crippen LogP) is 1.78. The smallest absolute Gasteiger partial charge is 0.254 e. The molecule has 0 aliphatic carbocycles. The van der Waals surface area contributed by atoms with Gasteiger partial charge in [-0.3, -0.25) is 4.79 Å². The summed E-state index contributed by atoms with van der Waals surface area (Å²) in [5, 5.41) is 14.1. The summed E-state index contributed by atoms with van der Waals surface area (Å²) in [6.45, 7) is 6.30. The Kier molecular flexibility index (Phi) is 4.57. The number of hydrogen-bond donors (Lipinski definition) is 1. The lowest BCUT2D eigenvalue weighted by Crippen LogP contribution is -2.29. The van der Waals surface area contributed by atoms with Gasteiger partial charge < -0.3 is 10.0 Å². The SMILES string of the molecule is CCC(C)n1ncc2c(C(=O)N(C)CCO)cc(C)nc21. The second-order valence-corrected chi connectivity index (χ2v) is 5.35. The minimum atomic E-state index is -0.122. The first kappa shape index (κ1) is 15.4. The normalized spacial score (nSPS) is 12.6. The van der Waals surface area contributed by atoms with Crippen molar-refractivity contribution in [2.24, 2.45) is 0 Å². The molecule has 21 heavy (non-hydrogen) atoms. The first-order valence-electron chi connectivity index (χ1n) is 7.20. The van der Waals surface area contributed by atoms with Crippen molar-refractivity contribution in [1.82, 2.24) is 19.7 Å². The molecule has 2 aromatic rings. The summed E-state index contributed by atoms with van der Waals surface area (Å²) in [4.78, 5) is 18.5. The molecule has 0 spiro atoms. The van der Waals surface area contributed by atoms with Gasteiger partial charge in [0.25, 0.3) is 5.91 Å². The van der Waals surface area contributed by atoms with Crippen molar-refractivity contribution in [3.05, 3.63) is 23.5 Å². The van der Waals surface area contributed by atoms with E-state index in [0.29, 0.717) is 12.1 Å². The van der Waals surface area contributed by atoms with Gasteiger partial charge in [-0.25, -0.2) is 9.67 Å². The van der Waals surface area contributed by atoms with E-state index in [1.807, 2.05) is 11.6 Å². The number of rotatable bonds is 5. The minimum absolute atomic E-state index is 0.0540. The van der Waals surface area contributed by atoms with E-state index in [1.54, 1.807) is 19.3 Å². The van der Waals surface area contributed by atoms with Crippen molar-refractivity contribution in [3.8, 4) is 0 Å². The topological polar surface area (TPSA) is 71.2 Å². The summed E-state index contributed by atoms with van der Waals surface area (Å²) in [5.41, 5.74) is 2.11. The van der Waals surface area contributed by atoms with Gasteiger partial charge in [0.1, 0.15) is 0 Å². The number of likely N-dealkylation sites (N-methyl/N-ethyl adjacent to an activating group) is 1. The summed E-state index contributed by atoms with van der Waals surface area (Å²) < 4.78 is 1.87. The highest BCUT2D eigenvalue weighted by molar-refractivity contribution is 6.05. The zero-order chi connectivity index (χ0) is 15.6. The number of hydrogen-bond acceptors (Lipinski definition) is 4. The third kappa shape index (κ3) is 2.90. The molecule has 1 N–H and O–H groups in total. The predicted molar refractivity (Wildman–Crippen MR) is 81.3 cm³/mol. The van der Waals surface area contributed by atoms with Crippen LogP contribution in [0.2, 0.25) is 0 Å². The van der Waals surface area contributed by atoms with Gasteiger partial charge in [-0.15, -0.1) is 0 Å². The average Bonchev–Trinajstić information content (AvgIpc) is 2.88. The number of fused-ring (bicyclic) bond motifs is 1. The van der Waals surface area contributed by atoms with E-state index < -0.39 is 0 Å². The van der Waals surface area contributed by atoms with Crippen LogP contribution in [0.25, 0.3) is 11.0 Å². The summed E-state index contributed by atoms with van der Waals surface area (Å²) in [6, 6.07) is 2.01. The Bertz CT molecular complexity index is 650. The fraction of sp³-hybridized carbons (Fsp3) is 0.533. The van der Waals surface area contributed by atoms with Crippen LogP contribution in [0.4, 0.5) is 0 Å². The van der Waals surface area contributed by atoms with Crippen LogP contribution < -0.4 is 0 Å². The molecule has 0 aliphatic heterocycles. The molecule has 1 unspecified atom stereocenters. The molecule has 2 rings (SSSR count). The molecule has 1 amide bonds. The van der Waals surface area contributed by atoms with Crippen molar-refractivity contribution in [2.75, 3.05) is 20.2 Å². The van der Waals surface area contributed by atoms with Crippen molar-refractivity contribution < 1.29 is 9.90 Å². The monoisotopic (exact) mass is 290 g/mol. The highest BCUT2D eigenvalue weighted by atomic mass is 16.3. The Hall–Kier alpha value is -1.95. The van der Waals surface area contributed by atoms with Gasteiger partial charge in [0.05, 0.1) is 29.8 Å². The third-order valence-corrected chi connectivity index (χ3v) is 3.72. The lowest BCUT2D eigenvalue weighted by Gasteiger charge is -2.17. The summed E-state index contributed by atoms with van der Waals surface area (Å²) in [6.07, 6.45) is 2.65. The summed E-state index contributed by atoms with van der Waals surface area (Å²) in [7, 11) is 1.68. The number of carbonyl (C=O) groups is 1. The van der Waals surface area contributed by atoms with Crippen LogP contribution in [0.1, 0.15) is 42.4 Å². The number of carbonyl (C=O) groups excluding carboxylic acids is 1. The highest BCUT2D eigenvalue weighted by Gasteiger charge is 2.19. The fourth-order valence-corrected chi connectivity index (χ4v) is 2.27. The van der Waals surface area contributed by atoms with Crippen molar-refractivity contribution in [1.29, 1.82) is 0 Å². The van der Waals surface area contributed by atoms with E-state index >= 15 is 0 Å². The highest BCUT2D eigenvalue weighted by Crippen LogP contribution is 2.23. The molecule has 2 heterocycles. The number of aromatic nitrogens is 3. The molecular weight excluding hydrogens is 268 g/mol.